The normalized spacial score (nSPS) is 17.3. The van der Waals surface area contributed by atoms with Crippen molar-refractivity contribution >= 4 is 11.6 Å². The number of hydrogen-bond acceptors (Lipinski definition) is 3. The van der Waals surface area contributed by atoms with Gasteiger partial charge in [0.15, 0.2) is 0 Å². The van der Waals surface area contributed by atoms with Crippen molar-refractivity contribution in [3.63, 3.8) is 0 Å². The van der Waals surface area contributed by atoms with Crippen LogP contribution in [0.15, 0.2) is 24.3 Å². The topological polar surface area (TPSA) is 18.5 Å². The molecule has 1 heterocycles. The first kappa shape index (κ1) is 13.8. The van der Waals surface area contributed by atoms with Gasteiger partial charge >= 0.3 is 0 Å². The average Bonchev–Trinajstić information content (AvgIpc) is 2.38. The summed E-state index contributed by atoms with van der Waals surface area (Å²) in [6.45, 7) is 7.81. The molecule has 18 heavy (non-hydrogen) atoms. The maximum atomic E-state index is 5.99. The fourth-order valence-electron chi connectivity index (χ4n) is 2.27. The Morgan fingerprint density at radius 1 is 1.33 bits per heavy atom. The molecule has 1 aliphatic heterocycles. The lowest BCUT2D eigenvalue weighted by Gasteiger charge is -2.29. The van der Waals surface area contributed by atoms with E-state index in [4.69, 9.17) is 11.6 Å². The molecule has 1 saturated heterocycles. The van der Waals surface area contributed by atoms with E-state index >= 15 is 0 Å². The number of hydrogen-bond donors (Lipinski definition) is 1. The molecule has 1 fully saturated rings. The SMILES string of the molecule is CN(CCN1CCNCC1)Cc1cccc(Cl)c1. The second-order valence-corrected chi connectivity index (χ2v) is 5.40. The Hall–Kier alpha value is -0.610. The molecule has 0 spiro atoms. The Bertz CT molecular complexity index is 364. The number of piperazine rings is 1. The summed E-state index contributed by atoms with van der Waals surface area (Å²) in [5.74, 6) is 0. The van der Waals surface area contributed by atoms with E-state index in [0.29, 0.717) is 0 Å². The molecular formula is C14H22ClN3. The van der Waals surface area contributed by atoms with Crippen LogP contribution in [0.2, 0.25) is 5.02 Å². The van der Waals surface area contributed by atoms with E-state index in [1.807, 2.05) is 18.2 Å². The van der Waals surface area contributed by atoms with Gasteiger partial charge in [0.25, 0.3) is 0 Å². The first-order chi connectivity index (χ1) is 8.74. The quantitative estimate of drug-likeness (QED) is 0.876. The van der Waals surface area contributed by atoms with Crippen LogP contribution in [0.1, 0.15) is 5.56 Å². The van der Waals surface area contributed by atoms with Crippen LogP contribution >= 0.6 is 11.6 Å². The minimum atomic E-state index is 0.822. The van der Waals surface area contributed by atoms with E-state index in [2.05, 4.69) is 28.2 Å². The third-order valence-electron chi connectivity index (χ3n) is 3.35. The molecule has 4 heteroatoms. The highest BCUT2D eigenvalue weighted by molar-refractivity contribution is 6.30. The van der Waals surface area contributed by atoms with Gasteiger partial charge in [-0.1, -0.05) is 23.7 Å². The van der Waals surface area contributed by atoms with Gasteiger partial charge in [0, 0.05) is 50.8 Å². The zero-order valence-corrected chi connectivity index (χ0v) is 11.8. The fourth-order valence-corrected chi connectivity index (χ4v) is 2.49. The van der Waals surface area contributed by atoms with Gasteiger partial charge in [-0.05, 0) is 24.7 Å². The van der Waals surface area contributed by atoms with Crippen LogP contribution in [0.5, 0.6) is 0 Å². The summed E-state index contributed by atoms with van der Waals surface area (Å²) in [6, 6.07) is 8.11. The molecule has 0 aromatic heterocycles. The number of benzene rings is 1. The molecule has 1 N–H and O–H groups in total. The Kier molecular flexibility index (Phi) is 5.45. The zero-order chi connectivity index (χ0) is 12.8. The molecule has 0 bridgehead atoms. The van der Waals surface area contributed by atoms with Gasteiger partial charge in [0.05, 0.1) is 0 Å². The van der Waals surface area contributed by atoms with Crippen LogP contribution in [0.25, 0.3) is 0 Å². The number of rotatable bonds is 5. The molecule has 0 aliphatic carbocycles. The first-order valence-corrected chi connectivity index (χ1v) is 6.98. The molecule has 1 aliphatic rings. The lowest BCUT2D eigenvalue weighted by atomic mass is 10.2. The first-order valence-electron chi connectivity index (χ1n) is 6.60. The second kappa shape index (κ2) is 7.10. The monoisotopic (exact) mass is 267 g/mol. The van der Waals surface area contributed by atoms with Gasteiger partial charge in [0.2, 0.25) is 0 Å². The molecule has 0 amide bonds. The van der Waals surface area contributed by atoms with Crippen LogP contribution in [-0.2, 0) is 6.54 Å². The Balaban J connectivity index is 1.72. The highest BCUT2D eigenvalue weighted by Crippen LogP contribution is 2.12. The zero-order valence-electron chi connectivity index (χ0n) is 11.0. The summed E-state index contributed by atoms with van der Waals surface area (Å²) >= 11 is 5.99. The number of likely N-dealkylation sites (N-methyl/N-ethyl adjacent to an activating group) is 1. The number of halogens is 1. The fraction of sp³-hybridized carbons (Fsp3) is 0.571. The van der Waals surface area contributed by atoms with E-state index < -0.39 is 0 Å². The molecule has 0 saturated carbocycles. The van der Waals surface area contributed by atoms with Crippen molar-refractivity contribution in [3.05, 3.63) is 34.9 Å². The predicted molar refractivity (Wildman–Crippen MR) is 77.1 cm³/mol. The molecule has 1 aromatic rings. The Morgan fingerprint density at radius 3 is 2.83 bits per heavy atom. The maximum absolute atomic E-state index is 5.99. The van der Waals surface area contributed by atoms with E-state index in [-0.39, 0.29) is 0 Å². The van der Waals surface area contributed by atoms with E-state index in [9.17, 15) is 0 Å². The van der Waals surface area contributed by atoms with Crippen molar-refractivity contribution in [3.8, 4) is 0 Å². The minimum absolute atomic E-state index is 0.822. The summed E-state index contributed by atoms with van der Waals surface area (Å²) in [4.78, 5) is 4.87. The van der Waals surface area contributed by atoms with Crippen molar-refractivity contribution in [2.75, 3.05) is 46.3 Å². The molecule has 3 nitrogen and oxygen atoms in total. The van der Waals surface area contributed by atoms with E-state index in [0.717, 1.165) is 37.7 Å². The largest absolute Gasteiger partial charge is 0.314 e. The highest BCUT2D eigenvalue weighted by Gasteiger charge is 2.10. The standard InChI is InChI=1S/C14H22ClN3/c1-17(9-10-18-7-5-16-6-8-18)12-13-3-2-4-14(15)11-13/h2-4,11,16H,5-10,12H2,1H3. The smallest absolute Gasteiger partial charge is 0.0409 e. The Morgan fingerprint density at radius 2 is 2.11 bits per heavy atom. The Labute approximate surface area is 115 Å². The van der Waals surface area contributed by atoms with Gasteiger partial charge < -0.3 is 10.2 Å². The summed E-state index contributed by atoms with van der Waals surface area (Å²) in [7, 11) is 2.17. The molecule has 2 rings (SSSR count). The van der Waals surface area contributed by atoms with Gasteiger partial charge in [0.1, 0.15) is 0 Å². The average molecular weight is 268 g/mol. The predicted octanol–water partition coefficient (Wildman–Crippen LogP) is 1.68. The third kappa shape index (κ3) is 4.58. The van der Waals surface area contributed by atoms with Gasteiger partial charge in [-0.2, -0.15) is 0 Å². The molecule has 0 radical (unpaired) electrons. The summed E-state index contributed by atoms with van der Waals surface area (Å²) in [5, 5.41) is 4.20. The summed E-state index contributed by atoms with van der Waals surface area (Å²) < 4.78 is 0. The summed E-state index contributed by atoms with van der Waals surface area (Å²) in [6.07, 6.45) is 0. The van der Waals surface area contributed by atoms with Gasteiger partial charge in [-0.25, -0.2) is 0 Å². The molecule has 100 valence electrons. The van der Waals surface area contributed by atoms with Crippen LogP contribution < -0.4 is 5.32 Å². The van der Waals surface area contributed by atoms with Crippen LogP contribution in [0, 0.1) is 0 Å². The van der Waals surface area contributed by atoms with E-state index in [1.54, 1.807) is 0 Å². The van der Waals surface area contributed by atoms with Crippen molar-refractivity contribution in [1.29, 1.82) is 0 Å². The number of nitrogens with one attached hydrogen (secondary N) is 1. The van der Waals surface area contributed by atoms with E-state index in [1.165, 1.54) is 18.7 Å². The van der Waals surface area contributed by atoms with Crippen LogP contribution in [0.4, 0.5) is 0 Å². The molecule has 1 aromatic carbocycles. The third-order valence-corrected chi connectivity index (χ3v) is 3.58. The van der Waals surface area contributed by atoms with Crippen molar-refractivity contribution in [1.82, 2.24) is 15.1 Å². The van der Waals surface area contributed by atoms with Gasteiger partial charge in [-0.15, -0.1) is 0 Å². The maximum Gasteiger partial charge on any atom is 0.0409 e. The van der Waals surface area contributed by atoms with Crippen LogP contribution in [0.3, 0.4) is 0 Å². The number of nitrogens with zero attached hydrogens (tertiary/aromatic N) is 2. The minimum Gasteiger partial charge on any atom is -0.314 e. The summed E-state index contributed by atoms with van der Waals surface area (Å²) in [5.41, 5.74) is 1.28. The lowest BCUT2D eigenvalue weighted by molar-refractivity contribution is 0.202. The van der Waals surface area contributed by atoms with Gasteiger partial charge in [-0.3, -0.25) is 4.90 Å². The van der Waals surface area contributed by atoms with Crippen molar-refractivity contribution in [2.45, 2.75) is 6.54 Å². The molecular weight excluding hydrogens is 246 g/mol. The lowest BCUT2D eigenvalue weighted by Crippen LogP contribution is -2.45. The highest BCUT2D eigenvalue weighted by atomic mass is 35.5. The molecule has 0 atom stereocenters. The van der Waals surface area contributed by atoms with Crippen LogP contribution in [-0.4, -0.2) is 56.1 Å². The van der Waals surface area contributed by atoms with Crippen molar-refractivity contribution in [2.24, 2.45) is 0 Å². The molecule has 0 unspecified atom stereocenters. The second-order valence-electron chi connectivity index (χ2n) is 4.96. The van der Waals surface area contributed by atoms with Crippen molar-refractivity contribution < 1.29 is 0 Å².